The Morgan fingerprint density at radius 1 is 1.25 bits per heavy atom. The summed E-state index contributed by atoms with van der Waals surface area (Å²) in [5, 5.41) is 6.39. The van der Waals surface area contributed by atoms with Crippen LogP contribution in [-0.4, -0.2) is 62.8 Å². The molecular formula is C15H29N3O2. The van der Waals surface area contributed by atoms with Gasteiger partial charge in [-0.3, -0.25) is 4.79 Å². The summed E-state index contributed by atoms with van der Waals surface area (Å²) in [6, 6.07) is 0.182. The molecule has 0 bridgehead atoms. The highest BCUT2D eigenvalue weighted by Crippen LogP contribution is 2.14. The van der Waals surface area contributed by atoms with E-state index in [0.29, 0.717) is 13.2 Å². The molecule has 2 aliphatic rings. The molecule has 0 aromatic rings. The van der Waals surface area contributed by atoms with Crippen molar-refractivity contribution in [3.05, 3.63) is 0 Å². The molecule has 2 rings (SSSR count). The van der Waals surface area contributed by atoms with E-state index in [-0.39, 0.29) is 17.9 Å². The lowest BCUT2D eigenvalue weighted by molar-refractivity contribution is -0.125. The number of hydrogen-bond acceptors (Lipinski definition) is 4. The number of amides is 1. The molecule has 0 aromatic heterocycles. The van der Waals surface area contributed by atoms with E-state index in [1.54, 1.807) is 0 Å². The summed E-state index contributed by atoms with van der Waals surface area (Å²) < 4.78 is 5.41. The van der Waals surface area contributed by atoms with Gasteiger partial charge in [0.15, 0.2) is 0 Å². The van der Waals surface area contributed by atoms with Crippen LogP contribution in [0.25, 0.3) is 0 Å². The number of nitrogens with zero attached hydrogens (tertiary/aromatic N) is 1. The van der Waals surface area contributed by atoms with Crippen LogP contribution in [0.2, 0.25) is 0 Å². The lowest BCUT2D eigenvalue weighted by Gasteiger charge is -2.26. The van der Waals surface area contributed by atoms with Gasteiger partial charge in [-0.25, -0.2) is 0 Å². The largest absolute Gasteiger partial charge is 0.379 e. The fourth-order valence-electron chi connectivity index (χ4n) is 3.10. The molecule has 2 N–H and O–H groups in total. The minimum absolute atomic E-state index is 0.0232. The number of nitrogens with one attached hydrogen (secondary N) is 2. The predicted octanol–water partition coefficient (Wildman–Crippen LogP) is 0.603. The summed E-state index contributed by atoms with van der Waals surface area (Å²) in [6.45, 7) is 8.50. The maximum absolute atomic E-state index is 12.1. The number of rotatable bonds is 7. The molecule has 5 nitrogen and oxygen atoms in total. The van der Waals surface area contributed by atoms with E-state index in [2.05, 4.69) is 22.5 Å². The van der Waals surface area contributed by atoms with Crippen molar-refractivity contribution in [3.8, 4) is 0 Å². The molecule has 0 spiro atoms. The van der Waals surface area contributed by atoms with Crippen molar-refractivity contribution in [2.24, 2.45) is 5.92 Å². The Bertz CT molecular complexity index is 293. The second kappa shape index (κ2) is 8.60. The lowest BCUT2D eigenvalue weighted by atomic mass is 10.0. The standard InChI is InChI=1S/C15H29N3O2/c1-2-16-14-12-20-11-13(14)15(19)17-7-6-10-18-8-4-3-5-9-18/h13-14,16H,2-12H2,1H3,(H,17,19). The first-order valence-electron chi connectivity index (χ1n) is 8.12. The number of piperidine rings is 1. The highest BCUT2D eigenvalue weighted by Gasteiger charge is 2.33. The zero-order valence-electron chi connectivity index (χ0n) is 12.7. The summed E-state index contributed by atoms with van der Waals surface area (Å²) in [5.41, 5.74) is 0. The third kappa shape index (κ3) is 4.72. The number of carbonyl (C=O) groups excluding carboxylic acids is 1. The van der Waals surface area contributed by atoms with Gasteiger partial charge in [0.25, 0.3) is 0 Å². The van der Waals surface area contributed by atoms with E-state index in [1.807, 2.05) is 0 Å². The molecule has 116 valence electrons. The zero-order chi connectivity index (χ0) is 14.2. The molecule has 20 heavy (non-hydrogen) atoms. The van der Waals surface area contributed by atoms with Crippen molar-refractivity contribution >= 4 is 5.91 Å². The molecule has 0 radical (unpaired) electrons. The number of ether oxygens (including phenoxy) is 1. The molecule has 0 aromatic carbocycles. The summed E-state index contributed by atoms with van der Waals surface area (Å²) in [4.78, 5) is 14.6. The van der Waals surface area contributed by atoms with Crippen molar-refractivity contribution in [1.82, 2.24) is 15.5 Å². The molecule has 2 fully saturated rings. The average Bonchev–Trinajstić information content (AvgIpc) is 2.93. The monoisotopic (exact) mass is 283 g/mol. The van der Waals surface area contributed by atoms with Crippen LogP contribution in [0.3, 0.4) is 0 Å². The molecule has 5 heteroatoms. The minimum Gasteiger partial charge on any atom is -0.379 e. The molecule has 2 heterocycles. The van der Waals surface area contributed by atoms with E-state index in [9.17, 15) is 4.79 Å². The number of likely N-dealkylation sites (N-methyl/N-ethyl adjacent to an activating group) is 1. The van der Waals surface area contributed by atoms with Gasteiger partial charge in [0.2, 0.25) is 5.91 Å². The van der Waals surface area contributed by atoms with Crippen molar-refractivity contribution < 1.29 is 9.53 Å². The molecule has 2 unspecified atom stereocenters. The van der Waals surface area contributed by atoms with Crippen LogP contribution < -0.4 is 10.6 Å². The van der Waals surface area contributed by atoms with Gasteiger partial charge in [-0.15, -0.1) is 0 Å². The van der Waals surface area contributed by atoms with Crippen LogP contribution in [0.5, 0.6) is 0 Å². The Balaban J connectivity index is 1.59. The first-order valence-corrected chi connectivity index (χ1v) is 8.12. The van der Waals surface area contributed by atoms with Crippen molar-refractivity contribution in [2.75, 3.05) is 45.9 Å². The second-order valence-electron chi connectivity index (χ2n) is 5.86. The Kier molecular flexibility index (Phi) is 6.76. The van der Waals surface area contributed by atoms with Gasteiger partial charge >= 0.3 is 0 Å². The molecular weight excluding hydrogens is 254 g/mol. The van der Waals surface area contributed by atoms with Crippen molar-refractivity contribution in [1.29, 1.82) is 0 Å². The summed E-state index contributed by atoms with van der Waals surface area (Å²) in [7, 11) is 0. The van der Waals surface area contributed by atoms with Gasteiger partial charge in [-0.05, 0) is 45.4 Å². The predicted molar refractivity (Wildman–Crippen MR) is 79.7 cm³/mol. The SMILES string of the molecule is CCNC1COCC1C(=O)NCCCN1CCCCC1. The first kappa shape index (κ1) is 15.7. The number of carbonyl (C=O) groups is 1. The molecule has 0 saturated carbocycles. The summed E-state index contributed by atoms with van der Waals surface area (Å²) in [6.07, 6.45) is 5.08. The minimum atomic E-state index is -0.0232. The van der Waals surface area contributed by atoms with Crippen LogP contribution >= 0.6 is 0 Å². The average molecular weight is 283 g/mol. The Morgan fingerprint density at radius 3 is 2.80 bits per heavy atom. The maximum atomic E-state index is 12.1. The van der Waals surface area contributed by atoms with E-state index in [0.717, 1.165) is 26.1 Å². The number of hydrogen-bond donors (Lipinski definition) is 2. The van der Waals surface area contributed by atoms with Crippen molar-refractivity contribution in [3.63, 3.8) is 0 Å². The third-order valence-electron chi connectivity index (χ3n) is 4.28. The topological polar surface area (TPSA) is 53.6 Å². The third-order valence-corrected chi connectivity index (χ3v) is 4.28. The van der Waals surface area contributed by atoms with Crippen molar-refractivity contribution in [2.45, 2.75) is 38.6 Å². The van der Waals surface area contributed by atoms with Crippen LogP contribution in [0.4, 0.5) is 0 Å². The van der Waals surface area contributed by atoms with E-state index in [4.69, 9.17) is 4.74 Å². The first-order chi connectivity index (χ1) is 9.81. The second-order valence-corrected chi connectivity index (χ2v) is 5.86. The Morgan fingerprint density at radius 2 is 2.05 bits per heavy atom. The van der Waals surface area contributed by atoms with Crippen LogP contribution in [0.1, 0.15) is 32.6 Å². The maximum Gasteiger partial charge on any atom is 0.227 e. The Labute approximate surface area is 122 Å². The normalized spacial score (nSPS) is 27.6. The highest BCUT2D eigenvalue weighted by molar-refractivity contribution is 5.79. The van der Waals surface area contributed by atoms with Crippen LogP contribution in [-0.2, 0) is 9.53 Å². The smallest absolute Gasteiger partial charge is 0.227 e. The van der Waals surface area contributed by atoms with Crippen LogP contribution in [0, 0.1) is 5.92 Å². The van der Waals surface area contributed by atoms with E-state index in [1.165, 1.54) is 32.4 Å². The number of likely N-dealkylation sites (tertiary alicyclic amines) is 1. The van der Waals surface area contributed by atoms with Gasteiger partial charge in [0.05, 0.1) is 19.1 Å². The van der Waals surface area contributed by atoms with Gasteiger partial charge < -0.3 is 20.3 Å². The molecule has 0 aliphatic carbocycles. The van der Waals surface area contributed by atoms with Gasteiger partial charge in [-0.1, -0.05) is 13.3 Å². The van der Waals surface area contributed by atoms with Crippen LogP contribution in [0.15, 0.2) is 0 Å². The summed E-state index contributed by atoms with van der Waals surface area (Å²) in [5.74, 6) is 0.122. The quantitative estimate of drug-likeness (QED) is 0.672. The molecule has 2 saturated heterocycles. The molecule has 2 aliphatic heterocycles. The molecule has 2 atom stereocenters. The van der Waals surface area contributed by atoms with Gasteiger partial charge in [0, 0.05) is 12.6 Å². The van der Waals surface area contributed by atoms with Gasteiger partial charge in [-0.2, -0.15) is 0 Å². The van der Waals surface area contributed by atoms with E-state index >= 15 is 0 Å². The zero-order valence-corrected chi connectivity index (χ0v) is 12.7. The highest BCUT2D eigenvalue weighted by atomic mass is 16.5. The summed E-state index contributed by atoms with van der Waals surface area (Å²) >= 11 is 0. The fourth-order valence-corrected chi connectivity index (χ4v) is 3.10. The molecule has 1 amide bonds. The lowest BCUT2D eigenvalue weighted by Crippen LogP contribution is -2.44. The Hall–Kier alpha value is -0.650. The fraction of sp³-hybridized carbons (Fsp3) is 0.933. The van der Waals surface area contributed by atoms with E-state index < -0.39 is 0 Å². The van der Waals surface area contributed by atoms with Gasteiger partial charge in [0.1, 0.15) is 0 Å².